The van der Waals surface area contributed by atoms with Gasteiger partial charge in [0.25, 0.3) is 0 Å². The van der Waals surface area contributed by atoms with Crippen LogP contribution in [0.25, 0.3) is 0 Å². The van der Waals surface area contributed by atoms with Crippen molar-refractivity contribution in [2.24, 2.45) is 0 Å². The Morgan fingerprint density at radius 3 is 2.24 bits per heavy atom. The summed E-state index contributed by atoms with van der Waals surface area (Å²) in [6.07, 6.45) is 3.88. The van der Waals surface area contributed by atoms with Crippen LogP contribution in [0.4, 0.5) is 5.69 Å². The van der Waals surface area contributed by atoms with Gasteiger partial charge in [0.1, 0.15) is 12.6 Å². The van der Waals surface area contributed by atoms with Gasteiger partial charge in [0, 0.05) is 42.3 Å². The lowest BCUT2D eigenvalue weighted by molar-refractivity contribution is -0.139. The molecule has 0 heterocycles. The van der Waals surface area contributed by atoms with Gasteiger partial charge < -0.3 is 10.2 Å². The molecule has 1 fully saturated rings. The second-order valence-electron chi connectivity index (χ2n) is 9.97. The highest BCUT2D eigenvalue weighted by Crippen LogP contribution is 2.29. The van der Waals surface area contributed by atoms with Crippen molar-refractivity contribution in [3.63, 3.8) is 0 Å². The zero-order valence-electron chi connectivity index (χ0n) is 22.5. The number of rotatable bonds is 10. The predicted octanol–water partition coefficient (Wildman–Crippen LogP) is 4.70. The number of amides is 2. The molecule has 0 bridgehead atoms. The monoisotopic (exact) mass is 582 g/mol. The molecular formula is C27H36Cl2N4O4S. The molecule has 0 radical (unpaired) electrons. The summed E-state index contributed by atoms with van der Waals surface area (Å²) >= 11 is 12.8. The maximum Gasteiger partial charge on any atom is 0.304 e. The molecule has 0 unspecified atom stereocenters. The number of hydrogen-bond acceptors (Lipinski definition) is 4. The predicted molar refractivity (Wildman–Crippen MR) is 153 cm³/mol. The van der Waals surface area contributed by atoms with Crippen molar-refractivity contribution in [2.75, 3.05) is 24.9 Å². The van der Waals surface area contributed by atoms with E-state index in [2.05, 4.69) is 5.32 Å². The third-order valence-electron chi connectivity index (χ3n) is 6.91. The Bertz CT molecular complexity index is 1260. The van der Waals surface area contributed by atoms with Gasteiger partial charge in [0.05, 0.1) is 5.69 Å². The first-order valence-electron chi connectivity index (χ1n) is 12.6. The highest BCUT2D eigenvalue weighted by atomic mass is 35.5. The Hall–Kier alpha value is -2.33. The lowest BCUT2D eigenvalue weighted by Gasteiger charge is -2.34. The van der Waals surface area contributed by atoms with Gasteiger partial charge in [0.15, 0.2) is 0 Å². The number of carbonyl (C=O) groups excluding carboxylic acids is 2. The molecule has 1 N–H and O–H groups in total. The molecule has 1 aliphatic rings. The van der Waals surface area contributed by atoms with Crippen LogP contribution in [-0.4, -0.2) is 62.2 Å². The van der Waals surface area contributed by atoms with Crippen LogP contribution in [0.3, 0.4) is 0 Å². The number of benzene rings is 2. The fraction of sp³-hybridized carbons (Fsp3) is 0.481. The minimum Gasteiger partial charge on any atom is -0.352 e. The summed E-state index contributed by atoms with van der Waals surface area (Å²) in [6.45, 7) is 4.71. The van der Waals surface area contributed by atoms with Gasteiger partial charge in [-0.25, -0.2) is 4.31 Å². The lowest BCUT2D eigenvalue weighted by Crippen LogP contribution is -2.53. The molecule has 3 rings (SSSR count). The first-order valence-corrected chi connectivity index (χ1v) is 14.8. The minimum atomic E-state index is -4.05. The summed E-state index contributed by atoms with van der Waals surface area (Å²) in [6, 6.07) is 9.61. The number of nitrogens with zero attached hydrogens (tertiary/aromatic N) is 3. The largest absolute Gasteiger partial charge is 0.352 e. The van der Waals surface area contributed by atoms with Crippen molar-refractivity contribution in [3.05, 3.63) is 63.1 Å². The van der Waals surface area contributed by atoms with Crippen molar-refractivity contribution in [3.8, 4) is 0 Å². The summed E-state index contributed by atoms with van der Waals surface area (Å²) in [5.41, 5.74) is 2.42. The summed E-state index contributed by atoms with van der Waals surface area (Å²) in [7, 11) is -1.22. The zero-order valence-corrected chi connectivity index (χ0v) is 24.8. The van der Waals surface area contributed by atoms with E-state index in [-0.39, 0.29) is 18.5 Å². The molecule has 0 aromatic heterocycles. The smallest absolute Gasteiger partial charge is 0.304 e. The molecule has 8 nitrogen and oxygen atoms in total. The number of nitrogens with one attached hydrogen (secondary N) is 1. The Kier molecular flexibility index (Phi) is 10.1. The molecular weight excluding hydrogens is 547 g/mol. The van der Waals surface area contributed by atoms with Gasteiger partial charge in [-0.15, -0.1) is 0 Å². The standard InChI is InChI=1S/C27H36Cl2N4O4S/c1-18-13-14-19(2)25(15-18)33(38(36,37)31(4)5)17-26(34)32(16-22-23(28)11-8-12-24(22)29)20(3)27(35)30-21-9-6-7-10-21/h8,11-15,20-21H,6-7,9-10,16-17H2,1-5H3,(H,30,35)/t20-/m1/s1. The Morgan fingerprint density at radius 1 is 1.05 bits per heavy atom. The second kappa shape index (κ2) is 12.7. The quantitative estimate of drug-likeness (QED) is 0.439. The number of halogens is 2. The van der Waals surface area contributed by atoms with Crippen molar-refractivity contribution in [1.29, 1.82) is 0 Å². The van der Waals surface area contributed by atoms with Crippen LogP contribution < -0.4 is 9.62 Å². The van der Waals surface area contributed by atoms with E-state index in [1.54, 1.807) is 38.1 Å². The highest BCUT2D eigenvalue weighted by Gasteiger charge is 2.34. The first-order chi connectivity index (χ1) is 17.8. The molecule has 1 aliphatic carbocycles. The fourth-order valence-corrected chi connectivity index (χ4v) is 6.15. The van der Waals surface area contributed by atoms with Crippen molar-refractivity contribution in [2.45, 2.75) is 65.1 Å². The minimum absolute atomic E-state index is 0.0563. The molecule has 38 heavy (non-hydrogen) atoms. The summed E-state index contributed by atoms with van der Waals surface area (Å²) in [4.78, 5) is 28.5. The number of aryl methyl sites for hydroxylation is 2. The average molecular weight is 584 g/mol. The SMILES string of the molecule is Cc1ccc(C)c(N(CC(=O)N(Cc2c(Cl)cccc2Cl)[C@H](C)C(=O)NC2CCCC2)S(=O)(=O)N(C)C)c1. The van der Waals surface area contributed by atoms with E-state index in [9.17, 15) is 18.0 Å². The average Bonchev–Trinajstić information content (AvgIpc) is 3.36. The van der Waals surface area contributed by atoms with E-state index >= 15 is 0 Å². The Morgan fingerprint density at radius 2 is 1.66 bits per heavy atom. The van der Waals surface area contributed by atoms with Gasteiger partial charge in [-0.05, 0) is 62.9 Å². The maximum absolute atomic E-state index is 13.9. The van der Waals surface area contributed by atoms with E-state index < -0.39 is 28.7 Å². The van der Waals surface area contributed by atoms with E-state index in [1.165, 1.54) is 19.0 Å². The molecule has 11 heteroatoms. The highest BCUT2D eigenvalue weighted by molar-refractivity contribution is 7.90. The second-order valence-corrected chi connectivity index (χ2v) is 12.9. The van der Waals surface area contributed by atoms with Gasteiger partial charge in [-0.1, -0.05) is 54.2 Å². The van der Waals surface area contributed by atoms with Crippen LogP contribution in [0, 0.1) is 13.8 Å². The van der Waals surface area contributed by atoms with E-state index in [0.717, 1.165) is 39.9 Å². The van der Waals surface area contributed by atoms with Crippen molar-refractivity contribution in [1.82, 2.24) is 14.5 Å². The molecule has 0 aliphatic heterocycles. The third kappa shape index (κ3) is 7.00. The van der Waals surface area contributed by atoms with Gasteiger partial charge in [-0.3, -0.25) is 9.59 Å². The van der Waals surface area contributed by atoms with Gasteiger partial charge >= 0.3 is 10.2 Å². The van der Waals surface area contributed by atoms with Gasteiger partial charge in [-0.2, -0.15) is 12.7 Å². The summed E-state index contributed by atoms with van der Waals surface area (Å²) in [5, 5.41) is 3.75. The molecule has 208 valence electrons. The number of carbonyl (C=O) groups is 2. The first kappa shape index (κ1) is 30.2. The van der Waals surface area contributed by atoms with E-state index in [1.807, 2.05) is 19.1 Å². The lowest BCUT2D eigenvalue weighted by atomic mass is 10.1. The number of anilines is 1. The molecule has 2 aromatic rings. The van der Waals surface area contributed by atoms with Crippen LogP contribution in [0.2, 0.25) is 10.0 Å². The summed E-state index contributed by atoms with van der Waals surface area (Å²) < 4.78 is 29.0. The number of hydrogen-bond donors (Lipinski definition) is 1. The summed E-state index contributed by atoms with van der Waals surface area (Å²) in [5.74, 6) is -0.858. The third-order valence-corrected chi connectivity index (χ3v) is 9.43. The Balaban J connectivity index is 2.01. The Labute approximate surface area is 236 Å². The molecule has 1 saturated carbocycles. The van der Waals surface area contributed by atoms with Crippen LogP contribution in [-0.2, 0) is 26.3 Å². The normalized spacial score (nSPS) is 14.9. The van der Waals surface area contributed by atoms with Crippen molar-refractivity contribution < 1.29 is 18.0 Å². The van der Waals surface area contributed by atoms with Crippen molar-refractivity contribution >= 4 is 50.9 Å². The molecule has 0 saturated heterocycles. The maximum atomic E-state index is 13.9. The zero-order chi connectivity index (χ0) is 28.2. The van der Waals surface area contributed by atoms with Crippen LogP contribution in [0.1, 0.15) is 49.3 Å². The molecule has 0 spiro atoms. The van der Waals surface area contributed by atoms with Crippen LogP contribution in [0.5, 0.6) is 0 Å². The molecule has 1 atom stereocenters. The molecule has 2 amide bonds. The topological polar surface area (TPSA) is 90.0 Å². The van der Waals surface area contributed by atoms with E-state index in [0.29, 0.717) is 26.9 Å². The molecule has 2 aromatic carbocycles. The fourth-order valence-electron chi connectivity index (χ4n) is 4.52. The van der Waals surface area contributed by atoms with Crippen LogP contribution in [0.15, 0.2) is 36.4 Å². The van der Waals surface area contributed by atoms with E-state index in [4.69, 9.17) is 23.2 Å². The van der Waals surface area contributed by atoms with Gasteiger partial charge in [0.2, 0.25) is 11.8 Å². The van der Waals surface area contributed by atoms with Crippen LogP contribution >= 0.6 is 23.2 Å².